The Morgan fingerprint density at radius 2 is 2.00 bits per heavy atom. The van der Waals surface area contributed by atoms with Crippen molar-refractivity contribution < 1.29 is 9.90 Å². The van der Waals surface area contributed by atoms with Crippen LogP contribution in [0.3, 0.4) is 0 Å². The predicted octanol–water partition coefficient (Wildman–Crippen LogP) is 1.53. The fourth-order valence-corrected chi connectivity index (χ4v) is 1.66. The van der Waals surface area contributed by atoms with Crippen molar-refractivity contribution in [3.05, 3.63) is 29.3 Å². The van der Waals surface area contributed by atoms with E-state index in [0.717, 1.165) is 18.4 Å². The first kappa shape index (κ1) is 10.8. The van der Waals surface area contributed by atoms with E-state index < -0.39 is 0 Å². The Labute approximate surface area is 99.3 Å². The van der Waals surface area contributed by atoms with Crippen molar-refractivity contribution in [1.82, 2.24) is 0 Å². The van der Waals surface area contributed by atoms with Gasteiger partial charge in [0.2, 0.25) is 0 Å². The van der Waals surface area contributed by atoms with Crippen LogP contribution in [0.5, 0.6) is 5.75 Å². The SMILES string of the molecule is O=C1CCCc2c(O)cccc21.[Na]. The van der Waals surface area contributed by atoms with Gasteiger partial charge in [-0.2, -0.15) is 0 Å². The van der Waals surface area contributed by atoms with Crippen molar-refractivity contribution in [3.63, 3.8) is 0 Å². The van der Waals surface area contributed by atoms with Crippen molar-refractivity contribution in [2.24, 2.45) is 0 Å². The van der Waals surface area contributed by atoms with E-state index in [1.807, 2.05) is 0 Å². The smallest absolute Gasteiger partial charge is 0.163 e. The molecule has 0 heterocycles. The largest absolute Gasteiger partial charge is 0.508 e. The van der Waals surface area contributed by atoms with Crippen molar-refractivity contribution in [3.8, 4) is 5.75 Å². The Balaban J connectivity index is 0.000000845. The molecule has 0 amide bonds. The molecule has 0 saturated heterocycles. The summed E-state index contributed by atoms with van der Waals surface area (Å²) in [4.78, 5) is 11.3. The molecular formula is C10H10NaO2. The second kappa shape index (κ2) is 4.27. The van der Waals surface area contributed by atoms with Gasteiger partial charge in [0.15, 0.2) is 5.78 Å². The number of rotatable bonds is 0. The average Bonchev–Trinajstić information content (AvgIpc) is 2.07. The number of carbonyl (C=O) groups is 1. The number of phenolic OH excluding ortho intramolecular Hbond substituents is 1. The number of hydrogen-bond acceptors (Lipinski definition) is 2. The van der Waals surface area contributed by atoms with E-state index in [4.69, 9.17) is 0 Å². The van der Waals surface area contributed by atoms with Crippen LogP contribution < -0.4 is 0 Å². The molecule has 0 spiro atoms. The van der Waals surface area contributed by atoms with Gasteiger partial charge in [-0.25, -0.2) is 0 Å². The summed E-state index contributed by atoms with van der Waals surface area (Å²) in [6.45, 7) is 0. The zero-order valence-electron chi connectivity index (χ0n) is 7.71. The van der Waals surface area contributed by atoms with Crippen LogP contribution in [-0.2, 0) is 6.42 Å². The molecule has 3 heteroatoms. The molecule has 0 saturated carbocycles. The molecule has 0 fully saturated rings. The fourth-order valence-electron chi connectivity index (χ4n) is 1.66. The molecule has 1 N–H and O–H groups in total. The van der Waals surface area contributed by atoms with E-state index >= 15 is 0 Å². The third kappa shape index (κ3) is 1.96. The summed E-state index contributed by atoms with van der Waals surface area (Å²) >= 11 is 0. The Kier molecular flexibility index (Phi) is 3.54. The number of hydrogen-bond donors (Lipinski definition) is 1. The van der Waals surface area contributed by atoms with Crippen LogP contribution in [0.2, 0.25) is 0 Å². The molecule has 1 radical (unpaired) electrons. The van der Waals surface area contributed by atoms with Gasteiger partial charge in [0.25, 0.3) is 0 Å². The minimum absolute atomic E-state index is 0. The van der Waals surface area contributed by atoms with Crippen LogP contribution in [0.15, 0.2) is 18.2 Å². The average molecular weight is 185 g/mol. The summed E-state index contributed by atoms with van der Waals surface area (Å²) in [6.07, 6.45) is 2.31. The molecule has 63 valence electrons. The minimum atomic E-state index is 0. The Bertz CT molecular complexity index is 334. The zero-order chi connectivity index (χ0) is 8.55. The standard InChI is InChI=1S/C10H10O2.Na/c11-9-5-1-3-7-8(9)4-2-6-10(7)12;/h1,3,5,11H,2,4,6H2;. The maximum Gasteiger partial charge on any atom is 0.163 e. The Morgan fingerprint density at radius 1 is 1.23 bits per heavy atom. The van der Waals surface area contributed by atoms with E-state index in [1.165, 1.54) is 0 Å². The summed E-state index contributed by atoms with van der Waals surface area (Å²) in [6, 6.07) is 5.14. The first-order chi connectivity index (χ1) is 5.79. The number of ketones is 1. The molecule has 0 unspecified atom stereocenters. The summed E-state index contributed by atoms with van der Waals surface area (Å²) in [5.74, 6) is 0.424. The summed E-state index contributed by atoms with van der Waals surface area (Å²) in [5.41, 5.74) is 1.54. The van der Waals surface area contributed by atoms with E-state index in [-0.39, 0.29) is 41.1 Å². The maximum absolute atomic E-state index is 11.3. The monoisotopic (exact) mass is 185 g/mol. The van der Waals surface area contributed by atoms with E-state index in [1.54, 1.807) is 18.2 Å². The second-order valence-electron chi connectivity index (χ2n) is 3.08. The molecule has 1 aromatic rings. The van der Waals surface area contributed by atoms with Gasteiger partial charge in [-0.3, -0.25) is 4.79 Å². The number of phenols is 1. The van der Waals surface area contributed by atoms with E-state index in [0.29, 0.717) is 12.0 Å². The molecule has 2 rings (SSSR count). The van der Waals surface area contributed by atoms with Crippen LogP contribution >= 0.6 is 0 Å². The van der Waals surface area contributed by atoms with E-state index in [9.17, 15) is 9.90 Å². The maximum atomic E-state index is 11.3. The molecule has 1 aliphatic rings. The van der Waals surface area contributed by atoms with Gasteiger partial charge in [-0.1, -0.05) is 12.1 Å². The van der Waals surface area contributed by atoms with Crippen molar-refractivity contribution >= 4 is 35.3 Å². The number of carbonyl (C=O) groups excluding carboxylic acids is 1. The molecular weight excluding hydrogens is 175 g/mol. The van der Waals surface area contributed by atoms with Gasteiger partial charge < -0.3 is 5.11 Å². The number of aromatic hydroxyl groups is 1. The number of Topliss-reactive ketones (excluding diaryl/α,β-unsaturated/α-hetero) is 1. The van der Waals surface area contributed by atoms with Crippen molar-refractivity contribution in [2.45, 2.75) is 19.3 Å². The molecule has 2 nitrogen and oxygen atoms in total. The first-order valence-corrected chi connectivity index (χ1v) is 4.13. The third-order valence-electron chi connectivity index (χ3n) is 2.28. The van der Waals surface area contributed by atoms with Crippen LogP contribution in [0.1, 0.15) is 28.8 Å². The van der Waals surface area contributed by atoms with Gasteiger partial charge >= 0.3 is 0 Å². The van der Waals surface area contributed by atoms with Crippen molar-refractivity contribution in [2.75, 3.05) is 0 Å². The Morgan fingerprint density at radius 3 is 2.69 bits per heavy atom. The first-order valence-electron chi connectivity index (χ1n) is 4.13. The number of fused-ring (bicyclic) bond motifs is 1. The van der Waals surface area contributed by atoms with Gasteiger partial charge in [-0.05, 0) is 18.9 Å². The van der Waals surface area contributed by atoms with Crippen molar-refractivity contribution in [1.29, 1.82) is 0 Å². The molecule has 1 aliphatic carbocycles. The van der Waals surface area contributed by atoms with Crippen LogP contribution in [-0.4, -0.2) is 40.4 Å². The topological polar surface area (TPSA) is 37.3 Å². The van der Waals surface area contributed by atoms with E-state index in [2.05, 4.69) is 0 Å². The van der Waals surface area contributed by atoms with Gasteiger partial charge in [-0.15, -0.1) is 0 Å². The summed E-state index contributed by atoms with van der Waals surface area (Å²) in [5, 5.41) is 9.42. The molecule has 0 atom stereocenters. The molecule has 1 aromatic carbocycles. The zero-order valence-corrected chi connectivity index (χ0v) is 9.71. The van der Waals surface area contributed by atoms with Gasteiger partial charge in [0.1, 0.15) is 5.75 Å². The van der Waals surface area contributed by atoms with Gasteiger partial charge in [0.05, 0.1) is 0 Å². The molecule has 0 aromatic heterocycles. The normalized spacial score (nSPS) is 14.6. The van der Waals surface area contributed by atoms with Crippen LogP contribution in [0.4, 0.5) is 0 Å². The second-order valence-corrected chi connectivity index (χ2v) is 3.08. The van der Waals surface area contributed by atoms with Gasteiger partial charge in [0, 0.05) is 47.1 Å². The third-order valence-corrected chi connectivity index (χ3v) is 2.28. The Hall–Kier alpha value is -0.310. The molecule has 13 heavy (non-hydrogen) atoms. The molecule has 0 aliphatic heterocycles. The summed E-state index contributed by atoms with van der Waals surface area (Å²) < 4.78 is 0. The molecule has 0 bridgehead atoms. The number of benzene rings is 1. The van der Waals surface area contributed by atoms with Crippen LogP contribution in [0, 0.1) is 0 Å². The summed E-state index contributed by atoms with van der Waals surface area (Å²) in [7, 11) is 0. The quantitative estimate of drug-likeness (QED) is 0.622. The van der Waals surface area contributed by atoms with Crippen LogP contribution in [0.25, 0.3) is 0 Å². The fraction of sp³-hybridized carbons (Fsp3) is 0.300. The predicted molar refractivity (Wildman–Crippen MR) is 51.1 cm³/mol. The minimum Gasteiger partial charge on any atom is -0.508 e.